The van der Waals surface area contributed by atoms with Crippen LogP contribution in [0.5, 0.6) is 0 Å². The highest BCUT2D eigenvalue weighted by Gasteiger charge is 2.28. The van der Waals surface area contributed by atoms with E-state index in [0.29, 0.717) is 12.3 Å². The minimum absolute atomic E-state index is 0.210. The van der Waals surface area contributed by atoms with Gasteiger partial charge in [-0.05, 0) is 27.9 Å². The van der Waals surface area contributed by atoms with Crippen LogP contribution in [0.2, 0.25) is 0 Å². The van der Waals surface area contributed by atoms with Gasteiger partial charge in [-0.1, -0.05) is 5.16 Å². The molecular formula is C12H23N5O. The maximum Gasteiger partial charge on any atom is 0.228 e. The number of likely N-dealkylation sites (N-methyl/N-ethyl adjacent to an activating group) is 2. The fourth-order valence-electron chi connectivity index (χ4n) is 2.15. The van der Waals surface area contributed by atoms with E-state index in [1.807, 2.05) is 13.8 Å². The molecule has 0 spiro atoms. The second-order valence-electron chi connectivity index (χ2n) is 5.97. The van der Waals surface area contributed by atoms with E-state index in [1.54, 1.807) is 0 Å². The summed E-state index contributed by atoms with van der Waals surface area (Å²) in [6.45, 7) is 6.94. The summed E-state index contributed by atoms with van der Waals surface area (Å²) in [4.78, 5) is 9.03. The van der Waals surface area contributed by atoms with Crippen molar-refractivity contribution in [2.24, 2.45) is 5.73 Å². The lowest BCUT2D eigenvalue weighted by molar-refractivity contribution is 0.108. The molecule has 1 saturated heterocycles. The quantitative estimate of drug-likeness (QED) is 0.833. The first kappa shape index (κ1) is 13.5. The van der Waals surface area contributed by atoms with Crippen molar-refractivity contribution in [1.29, 1.82) is 0 Å². The van der Waals surface area contributed by atoms with Crippen molar-refractivity contribution in [3.8, 4) is 0 Å². The topological polar surface area (TPSA) is 71.4 Å². The maximum atomic E-state index is 5.96. The molecule has 0 aromatic carbocycles. The van der Waals surface area contributed by atoms with E-state index in [4.69, 9.17) is 10.3 Å². The molecule has 0 aliphatic carbocycles. The number of nitrogens with two attached hydrogens (primary N) is 1. The molecular weight excluding hydrogens is 230 g/mol. The van der Waals surface area contributed by atoms with Crippen LogP contribution in [0.3, 0.4) is 0 Å². The Labute approximate surface area is 108 Å². The molecule has 1 aromatic rings. The maximum absolute atomic E-state index is 5.96. The van der Waals surface area contributed by atoms with Crippen molar-refractivity contribution >= 4 is 0 Å². The Bertz CT molecular complexity index is 397. The van der Waals surface area contributed by atoms with E-state index in [0.717, 1.165) is 25.5 Å². The molecule has 0 saturated carbocycles. The van der Waals surface area contributed by atoms with Crippen LogP contribution in [0.4, 0.5) is 0 Å². The van der Waals surface area contributed by atoms with Crippen LogP contribution < -0.4 is 5.73 Å². The van der Waals surface area contributed by atoms with Gasteiger partial charge in [-0.25, -0.2) is 0 Å². The third-order valence-corrected chi connectivity index (χ3v) is 3.24. The molecule has 1 aromatic heterocycles. The number of piperazine rings is 1. The third-order valence-electron chi connectivity index (χ3n) is 3.24. The smallest absolute Gasteiger partial charge is 0.228 e. The zero-order valence-corrected chi connectivity index (χ0v) is 11.7. The van der Waals surface area contributed by atoms with Crippen molar-refractivity contribution in [2.75, 3.05) is 33.7 Å². The number of hydrogen-bond donors (Lipinski definition) is 1. The lowest BCUT2D eigenvalue weighted by Gasteiger charge is -2.35. The van der Waals surface area contributed by atoms with Gasteiger partial charge in [0.15, 0.2) is 5.82 Å². The van der Waals surface area contributed by atoms with Crippen LogP contribution in [0.25, 0.3) is 0 Å². The average Bonchev–Trinajstić information content (AvgIpc) is 2.67. The summed E-state index contributed by atoms with van der Waals surface area (Å²) in [7, 11) is 4.21. The highest BCUT2D eigenvalue weighted by Crippen LogP contribution is 2.21. The molecule has 102 valence electrons. The van der Waals surface area contributed by atoms with Crippen LogP contribution in [0.15, 0.2) is 4.52 Å². The normalized spacial score (nSPS) is 23.5. The molecule has 0 bridgehead atoms. The van der Waals surface area contributed by atoms with E-state index in [2.05, 4.69) is 34.0 Å². The third kappa shape index (κ3) is 3.28. The lowest BCUT2D eigenvalue weighted by Crippen LogP contribution is -2.45. The van der Waals surface area contributed by atoms with Crippen LogP contribution in [0, 0.1) is 0 Å². The second kappa shape index (κ2) is 4.95. The molecule has 6 heteroatoms. The van der Waals surface area contributed by atoms with Crippen LogP contribution in [-0.4, -0.2) is 59.2 Å². The summed E-state index contributed by atoms with van der Waals surface area (Å²) in [5, 5.41) is 4.10. The molecule has 2 N–H and O–H groups in total. The molecule has 18 heavy (non-hydrogen) atoms. The summed E-state index contributed by atoms with van der Waals surface area (Å²) < 4.78 is 5.29. The predicted molar refractivity (Wildman–Crippen MR) is 69.1 cm³/mol. The van der Waals surface area contributed by atoms with E-state index < -0.39 is 0 Å². The van der Waals surface area contributed by atoms with Gasteiger partial charge in [-0.2, -0.15) is 4.98 Å². The summed E-state index contributed by atoms with van der Waals surface area (Å²) in [6, 6.07) is 0.210. The molecule has 1 aliphatic heterocycles. The van der Waals surface area contributed by atoms with Gasteiger partial charge < -0.3 is 15.2 Å². The zero-order chi connectivity index (χ0) is 13.3. The summed E-state index contributed by atoms with van der Waals surface area (Å²) in [5.74, 6) is 1.39. The molecule has 6 nitrogen and oxygen atoms in total. The van der Waals surface area contributed by atoms with Crippen LogP contribution in [-0.2, 0) is 6.42 Å². The van der Waals surface area contributed by atoms with Gasteiger partial charge in [-0.3, -0.25) is 4.90 Å². The fourth-order valence-corrected chi connectivity index (χ4v) is 2.15. The van der Waals surface area contributed by atoms with Gasteiger partial charge in [0, 0.05) is 31.6 Å². The van der Waals surface area contributed by atoms with Gasteiger partial charge in [-0.15, -0.1) is 0 Å². The van der Waals surface area contributed by atoms with E-state index in [9.17, 15) is 0 Å². The number of rotatable bonds is 3. The van der Waals surface area contributed by atoms with E-state index in [-0.39, 0.29) is 11.6 Å². The minimum Gasteiger partial charge on any atom is -0.339 e. The number of nitrogens with zero attached hydrogens (tertiary/aromatic N) is 4. The minimum atomic E-state index is -0.320. The Morgan fingerprint density at radius 3 is 2.78 bits per heavy atom. The van der Waals surface area contributed by atoms with Crippen LogP contribution >= 0.6 is 0 Å². The first-order chi connectivity index (χ1) is 8.35. The first-order valence-corrected chi connectivity index (χ1v) is 6.35. The largest absolute Gasteiger partial charge is 0.339 e. The van der Waals surface area contributed by atoms with Crippen molar-refractivity contribution in [3.05, 3.63) is 11.7 Å². The average molecular weight is 253 g/mol. The fraction of sp³-hybridized carbons (Fsp3) is 0.833. The van der Waals surface area contributed by atoms with Crippen molar-refractivity contribution < 1.29 is 4.52 Å². The SMILES string of the molecule is CN1CCN(C)C(c2noc(CC(C)(C)N)n2)C1. The number of aromatic nitrogens is 2. The summed E-state index contributed by atoms with van der Waals surface area (Å²) in [5.41, 5.74) is 5.64. The van der Waals surface area contributed by atoms with Gasteiger partial charge in [0.25, 0.3) is 0 Å². The Hall–Kier alpha value is -0.980. The van der Waals surface area contributed by atoms with Gasteiger partial charge in [0.1, 0.15) is 0 Å². The summed E-state index contributed by atoms with van der Waals surface area (Å²) in [6.07, 6.45) is 0.603. The molecule has 2 heterocycles. The van der Waals surface area contributed by atoms with Crippen molar-refractivity contribution in [2.45, 2.75) is 31.8 Å². The van der Waals surface area contributed by atoms with E-state index >= 15 is 0 Å². The second-order valence-corrected chi connectivity index (χ2v) is 5.97. The van der Waals surface area contributed by atoms with Gasteiger partial charge in [0.2, 0.25) is 5.89 Å². The van der Waals surface area contributed by atoms with Crippen molar-refractivity contribution in [1.82, 2.24) is 19.9 Å². The van der Waals surface area contributed by atoms with Gasteiger partial charge >= 0.3 is 0 Å². The molecule has 2 rings (SSSR count). The molecule has 0 amide bonds. The molecule has 1 aliphatic rings. The van der Waals surface area contributed by atoms with E-state index in [1.165, 1.54) is 0 Å². The Morgan fingerprint density at radius 2 is 2.11 bits per heavy atom. The lowest BCUT2D eigenvalue weighted by atomic mass is 10.0. The molecule has 1 fully saturated rings. The first-order valence-electron chi connectivity index (χ1n) is 6.35. The summed E-state index contributed by atoms with van der Waals surface area (Å²) >= 11 is 0. The Morgan fingerprint density at radius 1 is 1.39 bits per heavy atom. The van der Waals surface area contributed by atoms with Crippen molar-refractivity contribution in [3.63, 3.8) is 0 Å². The predicted octanol–water partition coefficient (Wildman–Crippen LogP) is 0.268. The molecule has 0 radical (unpaired) electrons. The molecule has 1 unspecified atom stereocenters. The molecule has 1 atom stereocenters. The van der Waals surface area contributed by atoms with Gasteiger partial charge in [0.05, 0.1) is 6.04 Å². The Kier molecular flexibility index (Phi) is 3.70. The van der Waals surface area contributed by atoms with Crippen LogP contribution in [0.1, 0.15) is 31.6 Å². The highest BCUT2D eigenvalue weighted by atomic mass is 16.5. The zero-order valence-electron chi connectivity index (χ0n) is 11.7. The monoisotopic (exact) mass is 253 g/mol. The highest BCUT2D eigenvalue weighted by molar-refractivity contribution is 4.99. The standard InChI is InChI=1S/C12H23N5O/c1-12(2,13)7-10-14-11(15-18-10)9-8-16(3)5-6-17(9)4/h9H,5-8,13H2,1-4H3. The Balaban J connectivity index is 2.09. The number of hydrogen-bond acceptors (Lipinski definition) is 6.